The molecule has 2 rings (SSSR count). The van der Waals surface area contributed by atoms with Crippen LogP contribution in [0.2, 0.25) is 0 Å². The normalized spacial score (nSPS) is 10.0. The third-order valence-corrected chi connectivity index (χ3v) is 3.21. The van der Waals surface area contributed by atoms with E-state index in [1.807, 2.05) is 11.6 Å². The first kappa shape index (κ1) is 16.4. The van der Waals surface area contributed by atoms with Gasteiger partial charge in [0.25, 0.3) is 0 Å². The van der Waals surface area contributed by atoms with Gasteiger partial charge in [-0.2, -0.15) is 5.10 Å². The summed E-state index contributed by atoms with van der Waals surface area (Å²) in [5.74, 6) is 0. The molecule has 0 amide bonds. The molecule has 110 valence electrons. The van der Waals surface area contributed by atoms with Gasteiger partial charge in [0.1, 0.15) is 0 Å². The topological polar surface area (TPSA) is 33.1 Å². The van der Waals surface area contributed by atoms with Gasteiger partial charge >= 0.3 is 0 Å². The number of rotatable bonds is 5. The van der Waals surface area contributed by atoms with Gasteiger partial charge in [-0.3, -0.25) is 4.68 Å². The summed E-state index contributed by atoms with van der Waals surface area (Å²) < 4.78 is 1.95. The number of aromatic nitrogens is 2. The number of anilines is 2. The fraction of sp³-hybridized carbons (Fsp3) is 0.400. The highest BCUT2D eigenvalue weighted by atomic mass is 35.5. The SMILES string of the molecule is CCn1cc(NCc2ccc(N(C)C)cc2)c(C)n1.Cl. The average molecular weight is 295 g/mol. The van der Waals surface area contributed by atoms with E-state index >= 15 is 0 Å². The molecular formula is C15H23ClN4. The van der Waals surface area contributed by atoms with E-state index in [9.17, 15) is 0 Å². The Hall–Kier alpha value is -1.68. The van der Waals surface area contributed by atoms with Gasteiger partial charge < -0.3 is 10.2 Å². The largest absolute Gasteiger partial charge is 0.378 e. The number of halogens is 1. The second-order valence-corrected chi connectivity index (χ2v) is 4.90. The molecule has 0 aliphatic rings. The lowest BCUT2D eigenvalue weighted by Crippen LogP contribution is -2.08. The Bertz CT molecular complexity index is 531. The van der Waals surface area contributed by atoms with Gasteiger partial charge in [0.05, 0.1) is 11.4 Å². The molecule has 1 aromatic heterocycles. The van der Waals surface area contributed by atoms with Crippen LogP contribution in [0.5, 0.6) is 0 Å². The molecular weight excluding hydrogens is 272 g/mol. The van der Waals surface area contributed by atoms with E-state index in [1.54, 1.807) is 0 Å². The van der Waals surface area contributed by atoms with Crippen LogP contribution in [0.1, 0.15) is 18.2 Å². The van der Waals surface area contributed by atoms with Crippen LogP contribution in [0.15, 0.2) is 30.5 Å². The molecule has 0 fully saturated rings. The van der Waals surface area contributed by atoms with E-state index < -0.39 is 0 Å². The van der Waals surface area contributed by atoms with Crippen molar-refractivity contribution in [1.82, 2.24) is 9.78 Å². The first-order chi connectivity index (χ1) is 9.10. The Morgan fingerprint density at radius 3 is 2.35 bits per heavy atom. The zero-order chi connectivity index (χ0) is 13.8. The predicted octanol–water partition coefficient (Wildman–Crippen LogP) is 3.31. The molecule has 0 bridgehead atoms. The highest BCUT2D eigenvalue weighted by Gasteiger charge is 2.03. The molecule has 0 saturated carbocycles. The summed E-state index contributed by atoms with van der Waals surface area (Å²) in [6, 6.07) is 8.59. The molecule has 0 radical (unpaired) electrons. The summed E-state index contributed by atoms with van der Waals surface area (Å²) in [5.41, 5.74) is 4.65. The Morgan fingerprint density at radius 1 is 1.20 bits per heavy atom. The molecule has 0 saturated heterocycles. The van der Waals surface area contributed by atoms with Crippen molar-refractivity contribution in [2.24, 2.45) is 0 Å². The summed E-state index contributed by atoms with van der Waals surface area (Å²) in [6.45, 7) is 5.85. The van der Waals surface area contributed by atoms with Gasteiger partial charge in [0.2, 0.25) is 0 Å². The van der Waals surface area contributed by atoms with Crippen molar-refractivity contribution in [2.75, 3.05) is 24.3 Å². The van der Waals surface area contributed by atoms with Gasteiger partial charge in [0.15, 0.2) is 0 Å². The van der Waals surface area contributed by atoms with E-state index in [2.05, 4.69) is 66.8 Å². The van der Waals surface area contributed by atoms with Gasteiger partial charge in [-0.15, -0.1) is 12.4 Å². The summed E-state index contributed by atoms with van der Waals surface area (Å²) in [5, 5.41) is 7.86. The molecule has 0 aliphatic carbocycles. The Morgan fingerprint density at radius 2 is 1.85 bits per heavy atom. The number of aryl methyl sites for hydroxylation is 2. The van der Waals surface area contributed by atoms with E-state index in [4.69, 9.17) is 0 Å². The number of hydrogen-bond acceptors (Lipinski definition) is 3. The lowest BCUT2D eigenvalue weighted by atomic mass is 10.2. The summed E-state index contributed by atoms with van der Waals surface area (Å²) in [7, 11) is 4.10. The minimum Gasteiger partial charge on any atom is -0.378 e. The third-order valence-electron chi connectivity index (χ3n) is 3.21. The number of benzene rings is 1. The molecule has 4 nitrogen and oxygen atoms in total. The van der Waals surface area contributed by atoms with E-state index in [1.165, 1.54) is 11.3 Å². The fourth-order valence-corrected chi connectivity index (χ4v) is 1.96. The molecule has 1 heterocycles. The second-order valence-electron chi connectivity index (χ2n) is 4.90. The Kier molecular flexibility index (Phi) is 5.89. The molecule has 2 aromatic rings. The standard InChI is InChI=1S/C15H22N4.ClH/c1-5-19-11-15(12(2)17-19)16-10-13-6-8-14(9-7-13)18(3)4;/h6-9,11,16H,5,10H2,1-4H3;1H. The van der Waals surface area contributed by atoms with Crippen LogP contribution in [-0.2, 0) is 13.1 Å². The third kappa shape index (κ3) is 3.90. The second kappa shape index (κ2) is 7.20. The minimum absolute atomic E-state index is 0. The van der Waals surface area contributed by atoms with E-state index in [0.717, 1.165) is 24.5 Å². The van der Waals surface area contributed by atoms with Crippen molar-refractivity contribution in [1.29, 1.82) is 0 Å². The highest BCUT2D eigenvalue weighted by Crippen LogP contribution is 2.16. The van der Waals surface area contributed by atoms with Crippen LogP contribution in [0.4, 0.5) is 11.4 Å². The van der Waals surface area contributed by atoms with Crippen molar-refractivity contribution in [3.63, 3.8) is 0 Å². The summed E-state index contributed by atoms with van der Waals surface area (Å²) >= 11 is 0. The zero-order valence-electron chi connectivity index (χ0n) is 12.6. The van der Waals surface area contributed by atoms with Crippen LogP contribution in [-0.4, -0.2) is 23.9 Å². The van der Waals surface area contributed by atoms with Crippen LogP contribution in [0.25, 0.3) is 0 Å². The monoisotopic (exact) mass is 294 g/mol. The van der Waals surface area contributed by atoms with Crippen molar-refractivity contribution >= 4 is 23.8 Å². The van der Waals surface area contributed by atoms with E-state index in [-0.39, 0.29) is 12.4 Å². The first-order valence-electron chi connectivity index (χ1n) is 6.64. The Balaban J connectivity index is 0.00000200. The maximum Gasteiger partial charge on any atom is 0.0825 e. The van der Waals surface area contributed by atoms with Gasteiger partial charge in [-0.1, -0.05) is 12.1 Å². The van der Waals surface area contributed by atoms with Crippen molar-refractivity contribution in [3.05, 3.63) is 41.7 Å². The lowest BCUT2D eigenvalue weighted by molar-refractivity contribution is 0.653. The van der Waals surface area contributed by atoms with Crippen molar-refractivity contribution < 1.29 is 0 Å². The zero-order valence-corrected chi connectivity index (χ0v) is 13.4. The van der Waals surface area contributed by atoms with Crippen LogP contribution in [0, 0.1) is 6.92 Å². The van der Waals surface area contributed by atoms with Crippen LogP contribution in [0.3, 0.4) is 0 Å². The highest BCUT2D eigenvalue weighted by molar-refractivity contribution is 5.85. The lowest BCUT2D eigenvalue weighted by Gasteiger charge is -2.13. The maximum atomic E-state index is 4.43. The van der Waals surface area contributed by atoms with Crippen molar-refractivity contribution in [2.45, 2.75) is 26.9 Å². The quantitative estimate of drug-likeness (QED) is 0.918. The van der Waals surface area contributed by atoms with Gasteiger partial charge in [-0.25, -0.2) is 0 Å². The molecule has 1 aromatic carbocycles. The van der Waals surface area contributed by atoms with Crippen LogP contribution < -0.4 is 10.2 Å². The average Bonchev–Trinajstić information content (AvgIpc) is 2.77. The van der Waals surface area contributed by atoms with E-state index in [0.29, 0.717) is 0 Å². The number of hydrogen-bond donors (Lipinski definition) is 1. The molecule has 5 heteroatoms. The first-order valence-corrected chi connectivity index (χ1v) is 6.64. The predicted molar refractivity (Wildman–Crippen MR) is 88.0 cm³/mol. The number of nitrogens with zero attached hydrogens (tertiary/aromatic N) is 3. The molecule has 0 atom stereocenters. The minimum atomic E-state index is 0. The maximum absolute atomic E-state index is 4.43. The molecule has 0 spiro atoms. The molecule has 1 N–H and O–H groups in total. The van der Waals surface area contributed by atoms with Gasteiger partial charge in [0, 0.05) is 39.1 Å². The summed E-state index contributed by atoms with van der Waals surface area (Å²) in [6.07, 6.45) is 2.06. The Labute approximate surface area is 127 Å². The van der Waals surface area contributed by atoms with Crippen molar-refractivity contribution in [3.8, 4) is 0 Å². The summed E-state index contributed by atoms with van der Waals surface area (Å²) in [4.78, 5) is 2.10. The van der Waals surface area contributed by atoms with Crippen LogP contribution >= 0.6 is 12.4 Å². The number of nitrogens with one attached hydrogen (secondary N) is 1. The molecule has 20 heavy (non-hydrogen) atoms. The fourth-order valence-electron chi connectivity index (χ4n) is 1.96. The molecule has 0 aliphatic heterocycles. The van der Waals surface area contributed by atoms with Gasteiger partial charge in [-0.05, 0) is 31.5 Å². The molecule has 0 unspecified atom stereocenters. The smallest absolute Gasteiger partial charge is 0.0825 e.